The average molecular weight is 222 g/mol. The second-order valence-electron chi connectivity index (χ2n) is 3.23. The van der Waals surface area contributed by atoms with Crippen molar-refractivity contribution in [2.45, 2.75) is 19.4 Å². The lowest BCUT2D eigenvalue weighted by Gasteiger charge is -2.12. The minimum absolute atomic E-state index is 0.345. The number of anilines is 1. The van der Waals surface area contributed by atoms with Crippen LogP contribution in [0.4, 0.5) is 5.82 Å². The van der Waals surface area contributed by atoms with Gasteiger partial charge in [0.05, 0.1) is 12.4 Å². The Balaban J connectivity index is 2.47. The van der Waals surface area contributed by atoms with Gasteiger partial charge >= 0.3 is 0 Å². The van der Waals surface area contributed by atoms with Crippen molar-refractivity contribution >= 4 is 17.6 Å². The van der Waals surface area contributed by atoms with Crippen LogP contribution in [0.3, 0.4) is 0 Å². The largest absolute Gasteiger partial charge is 0.366 e. The minimum Gasteiger partial charge on any atom is -0.366 e. The summed E-state index contributed by atoms with van der Waals surface area (Å²) in [4.78, 5) is 8.03. The molecular weight excluding hydrogens is 208 g/mol. The fraction of sp³-hybridized carbons (Fsp3) is 0.500. The Morgan fingerprint density at radius 3 is 2.87 bits per heavy atom. The van der Waals surface area contributed by atoms with Crippen molar-refractivity contribution in [1.29, 1.82) is 5.26 Å². The molecule has 0 aliphatic carbocycles. The molecule has 0 aliphatic heterocycles. The second-order valence-corrected chi connectivity index (χ2v) is 4.21. The van der Waals surface area contributed by atoms with E-state index >= 15 is 0 Å². The molecule has 0 fully saturated rings. The van der Waals surface area contributed by atoms with Crippen LogP contribution >= 0.6 is 11.8 Å². The molecule has 15 heavy (non-hydrogen) atoms. The molecule has 0 radical (unpaired) electrons. The molecule has 1 rings (SSSR count). The fourth-order valence-electron chi connectivity index (χ4n) is 1.08. The number of aromatic nitrogens is 2. The smallest absolute Gasteiger partial charge is 0.158 e. The SMILES string of the molecule is CSCCC(C)Nc1cnc(C#N)cn1. The summed E-state index contributed by atoms with van der Waals surface area (Å²) in [5, 5.41) is 11.8. The molecule has 5 heteroatoms. The van der Waals surface area contributed by atoms with Crippen LogP contribution in [-0.4, -0.2) is 28.0 Å². The van der Waals surface area contributed by atoms with E-state index in [2.05, 4.69) is 28.5 Å². The summed E-state index contributed by atoms with van der Waals surface area (Å²) in [6, 6.07) is 2.31. The standard InChI is InChI=1S/C10H14N4S/c1-8(3-4-15-2)14-10-7-12-9(5-11)6-13-10/h6-8H,3-4H2,1-2H3,(H,13,14). The fourth-order valence-corrected chi connectivity index (χ4v) is 1.67. The quantitative estimate of drug-likeness (QED) is 0.824. The van der Waals surface area contributed by atoms with Crippen molar-refractivity contribution in [1.82, 2.24) is 9.97 Å². The molecular formula is C10H14N4S. The first kappa shape index (κ1) is 11.8. The highest BCUT2D eigenvalue weighted by atomic mass is 32.2. The molecule has 1 aromatic rings. The highest BCUT2D eigenvalue weighted by Gasteiger charge is 2.02. The monoisotopic (exact) mass is 222 g/mol. The van der Waals surface area contributed by atoms with Gasteiger partial charge in [0.25, 0.3) is 0 Å². The lowest BCUT2D eigenvalue weighted by molar-refractivity contribution is 0.765. The van der Waals surface area contributed by atoms with Crippen LogP contribution in [0, 0.1) is 11.3 Å². The van der Waals surface area contributed by atoms with Crippen LogP contribution in [-0.2, 0) is 0 Å². The van der Waals surface area contributed by atoms with Gasteiger partial charge < -0.3 is 5.32 Å². The molecule has 0 aromatic carbocycles. The van der Waals surface area contributed by atoms with Gasteiger partial charge in [-0.2, -0.15) is 17.0 Å². The minimum atomic E-state index is 0.345. The highest BCUT2D eigenvalue weighted by molar-refractivity contribution is 7.98. The van der Waals surface area contributed by atoms with Crippen molar-refractivity contribution in [3.8, 4) is 6.07 Å². The predicted molar refractivity (Wildman–Crippen MR) is 62.8 cm³/mol. The average Bonchev–Trinajstić information content (AvgIpc) is 2.27. The van der Waals surface area contributed by atoms with E-state index in [1.54, 1.807) is 6.20 Å². The van der Waals surface area contributed by atoms with Crippen molar-refractivity contribution in [3.63, 3.8) is 0 Å². The van der Waals surface area contributed by atoms with Crippen molar-refractivity contribution in [2.75, 3.05) is 17.3 Å². The van der Waals surface area contributed by atoms with Gasteiger partial charge in [0.2, 0.25) is 0 Å². The third-order valence-corrected chi connectivity index (χ3v) is 2.56. The van der Waals surface area contributed by atoms with E-state index in [1.165, 1.54) is 6.20 Å². The molecule has 1 heterocycles. The first-order chi connectivity index (χ1) is 7.26. The summed E-state index contributed by atoms with van der Waals surface area (Å²) in [6.45, 7) is 2.11. The Morgan fingerprint density at radius 2 is 2.33 bits per heavy atom. The first-order valence-corrected chi connectivity index (χ1v) is 6.13. The maximum Gasteiger partial charge on any atom is 0.158 e. The maximum atomic E-state index is 8.55. The lowest BCUT2D eigenvalue weighted by atomic mass is 10.2. The third-order valence-electron chi connectivity index (χ3n) is 1.92. The van der Waals surface area contributed by atoms with Crippen molar-refractivity contribution in [2.24, 2.45) is 0 Å². The number of hydrogen-bond donors (Lipinski definition) is 1. The van der Waals surface area contributed by atoms with Crippen LogP contribution in [0.25, 0.3) is 0 Å². The van der Waals surface area contributed by atoms with Crippen LogP contribution in [0.15, 0.2) is 12.4 Å². The molecule has 1 aromatic heterocycles. The zero-order valence-electron chi connectivity index (χ0n) is 8.90. The Bertz CT molecular complexity index is 330. The number of nitriles is 1. The Labute approximate surface area is 94.1 Å². The van der Waals surface area contributed by atoms with Gasteiger partial charge in [-0.1, -0.05) is 0 Å². The normalized spacial score (nSPS) is 11.8. The van der Waals surface area contributed by atoms with E-state index in [-0.39, 0.29) is 0 Å². The van der Waals surface area contributed by atoms with E-state index in [9.17, 15) is 0 Å². The van der Waals surface area contributed by atoms with E-state index in [0.717, 1.165) is 18.0 Å². The van der Waals surface area contributed by atoms with Crippen LogP contribution in [0.2, 0.25) is 0 Å². The Hall–Kier alpha value is -1.28. The summed E-state index contributed by atoms with van der Waals surface area (Å²) in [6.07, 6.45) is 6.24. The summed E-state index contributed by atoms with van der Waals surface area (Å²) >= 11 is 1.83. The molecule has 0 saturated carbocycles. The van der Waals surface area contributed by atoms with Gasteiger partial charge in [-0.15, -0.1) is 0 Å². The molecule has 0 saturated heterocycles. The van der Waals surface area contributed by atoms with Crippen LogP contribution < -0.4 is 5.32 Å². The first-order valence-electron chi connectivity index (χ1n) is 4.74. The zero-order chi connectivity index (χ0) is 11.1. The Kier molecular flexibility index (Phi) is 4.91. The maximum absolute atomic E-state index is 8.55. The number of hydrogen-bond acceptors (Lipinski definition) is 5. The number of nitrogens with zero attached hydrogens (tertiary/aromatic N) is 3. The molecule has 1 atom stereocenters. The number of thioether (sulfide) groups is 1. The third kappa shape index (κ3) is 4.17. The number of rotatable bonds is 5. The van der Waals surface area contributed by atoms with Gasteiger partial charge in [-0.25, -0.2) is 9.97 Å². The zero-order valence-corrected chi connectivity index (χ0v) is 9.71. The molecule has 0 aliphatic rings. The van der Waals surface area contributed by atoms with Gasteiger partial charge in [0.1, 0.15) is 11.9 Å². The molecule has 0 bridgehead atoms. The molecule has 1 unspecified atom stereocenters. The summed E-state index contributed by atoms with van der Waals surface area (Å²) in [7, 11) is 0. The summed E-state index contributed by atoms with van der Waals surface area (Å²) in [5.74, 6) is 1.85. The summed E-state index contributed by atoms with van der Waals surface area (Å²) < 4.78 is 0. The number of nitrogens with one attached hydrogen (secondary N) is 1. The van der Waals surface area contributed by atoms with E-state index in [1.807, 2.05) is 17.8 Å². The summed E-state index contributed by atoms with van der Waals surface area (Å²) in [5.41, 5.74) is 0.345. The van der Waals surface area contributed by atoms with Crippen LogP contribution in [0.5, 0.6) is 0 Å². The predicted octanol–water partition coefficient (Wildman–Crippen LogP) is 1.90. The van der Waals surface area contributed by atoms with Crippen LogP contribution in [0.1, 0.15) is 19.0 Å². The van der Waals surface area contributed by atoms with Crippen molar-refractivity contribution < 1.29 is 0 Å². The Morgan fingerprint density at radius 1 is 1.53 bits per heavy atom. The van der Waals surface area contributed by atoms with E-state index < -0.39 is 0 Å². The molecule has 1 N–H and O–H groups in total. The highest BCUT2D eigenvalue weighted by Crippen LogP contribution is 2.07. The van der Waals surface area contributed by atoms with Gasteiger partial charge in [-0.3, -0.25) is 0 Å². The van der Waals surface area contributed by atoms with E-state index in [0.29, 0.717) is 11.7 Å². The molecule has 4 nitrogen and oxygen atoms in total. The molecule has 0 amide bonds. The van der Waals surface area contributed by atoms with E-state index in [4.69, 9.17) is 5.26 Å². The lowest BCUT2D eigenvalue weighted by Crippen LogP contribution is -2.16. The second kappa shape index (κ2) is 6.25. The topological polar surface area (TPSA) is 61.6 Å². The molecule has 0 spiro atoms. The van der Waals surface area contributed by atoms with Gasteiger partial charge in [0.15, 0.2) is 5.69 Å². The van der Waals surface area contributed by atoms with Gasteiger partial charge in [0, 0.05) is 6.04 Å². The van der Waals surface area contributed by atoms with Gasteiger partial charge in [-0.05, 0) is 25.4 Å². The molecule has 80 valence electrons. The van der Waals surface area contributed by atoms with Crippen molar-refractivity contribution in [3.05, 3.63) is 18.1 Å².